The van der Waals surface area contributed by atoms with Gasteiger partial charge >= 0.3 is 0 Å². The van der Waals surface area contributed by atoms with Gasteiger partial charge in [-0.15, -0.1) is 0 Å². The fourth-order valence-corrected chi connectivity index (χ4v) is 0.560. The second-order valence-electron chi connectivity index (χ2n) is 2.73. The molecule has 1 nitrogen and oxygen atoms in total. The Balaban J connectivity index is 3.63. The van der Waals surface area contributed by atoms with Gasteiger partial charge in [-0.2, -0.15) is 0 Å². The molecule has 0 aromatic rings. The highest BCUT2D eigenvalue weighted by Crippen LogP contribution is 1.97. The van der Waals surface area contributed by atoms with Crippen LogP contribution in [-0.4, -0.2) is 11.7 Å². The lowest BCUT2D eigenvalue weighted by molar-refractivity contribution is 0.331. The van der Waals surface area contributed by atoms with E-state index in [1.165, 1.54) is 5.57 Å². The summed E-state index contributed by atoms with van der Waals surface area (Å²) < 4.78 is 0. The molecule has 0 aliphatic carbocycles. The predicted octanol–water partition coefficient (Wildman–Crippen LogP) is 2.28. The first-order valence-electron chi connectivity index (χ1n) is 3.56. The van der Waals surface area contributed by atoms with Crippen molar-refractivity contribution in [3.8, 4) is 0 Å². The highest BCUT2D eigenvalue weighted by molar-refractivity contribution is 5.04. The van der Waals surface area contributed by atoms with Gasteiger partial charge in [0.25, 0.3) is 0 Å². The Kier molecular flexibility index (Phi) is 4.95. The van der Waals surface area contributed by atoms with Crippen molar-refractivity contribution in [1.29, 1.82) is 0 Å². The van der Waals surface area contributed by atoms with Gasteiger partial charge in [-0.1, -0.05) is 23.3 Å². The van der Waals surface area contributed by atoms with E-state index in [1.54, 1.807) is 0 Å². The minimum Gasteiger partial charge on any atom is -0.392 e. The summed E-state index contributed by atoms with van der Waals surface area (Å²) in [4.78, 5) is 0. The van der Waals surface area contributed by atoms with Gasteiger partial charge in [-0.3, -0.25) is 0 Å². The normalized spacial score (nSPS) is 11.4. The number of aliphatic hydroxyl groups is 1. The zero-order chi connectivity index (χ0) is 7.98. The van der Waals surface area contributed by atoms with E-state index >= 15 is 0 Å². The molecule has 0 aliphatic rings. The molecule has 0 spiro atoms. The van der Waals surface area contributed by atoms with Crippen LogP contribution in [0.2, 0.25) is 0 Å². The third-order valence-electron chi connectivity index (χ3n) is 1.24. The van der Waals surface area contributed by atoms with Crippen LogP contribution in [0.4, 0.5) is 0 Å². The van der Waals surface area contributed by atoms with Gasteiger partial charge in [0.15, 0.2) is 0 Å². The fourth-order valence-electron chi connectivity index (χ4n) is 0.560. The predicted molar refractivity (Wildman–Crippen MR) is 44.9 cm³/mol. The molecular weight excluding hydrogens is 124 g/mol. The largest absolute Gasteiger partial charge is 0.392 e. The molecule has 0 aromatic heterocycles. The minimum absolute atomic E-state index is 0.177. The van der Waals surface area contributed by atoms with Crippen LogP contribution in [0.5, 0.6) is 0 Å². The first-order valence-corrected chi connectivity index (χ1v) is 3.56. The molecule has 0 aliphatic heterocycles. The van der Waals surface area contributed by atoms with Gasteiger partial charge in [0.2, 0.25) is 0 Å². The average Bonchev–Trinajstić information content (AvgIpc) is 1.87. The topological polar surface area (TPSA) is 20.2 Å². The second kappa shape index (κ2) is 5.24. The molecule has 0 bridgehead atoms. The Hall–Kier alpha value is -0.560. The maximum Gasteiger partial charge on any atom is 0.0639 e. The van der Waals surface area contributed by atoms with E-state index in [9.17, 15) is 0 Å². The van der Waals surface area contributed by atoms with Gasteiger partial charge in [0.1, 0.15) is 0 Å². The standard InChI is InChI=1S/C9H16O/c1-8(2)5-4-6-9(3)7-10/h5-6,10H,4,7H2,1-3H3. The summed E-state index contributed by atoms with van der Waals surface area (Å²) in [5.74, 6) is 0. The molecule has 0 atom stereocenters. The van der Waals surface area contributed by atoms with E-state index in [1.807, 2.05) is 13.0 Å². The SMILES string of the molecule is CC(C)=CCC=C(C)CO. The van der Waals surface area contributed by atoms with Crippen molar-refractivity contribution in [2.24, 2.45) is 0 Å². The summed E-state index contributed by atoms with van der Waals surface area (Å²) in [5.41, 5.74) is 2.36. The number of hydrogen-bond donors (Lipinski definition) is 1. The molecule has 0 fully saturated rings. The molecule has 1 heteroatoms. The lowest BCUT2D eigenvalue weighted by atomic mass is 10.2. The van der Waals surface area contributed by atoms with Crippen LogP contribution in [-0.2, 0) is 0 Å². The third kappa shape index (κ3) is 5.57. The molecule has 0 aromatic carbocycles. The van der Waals surface area contributed by atoms with Crippen molar-refractivity contribution < 1.29 is 5.11 Å². The Bertz CT molecular complexity index is 139. The Morgan fingerprint density at radius 2 is 1.80 bits per heavy atom. The molecule has 58 valence electrons. The molecule has 1 N–H and O–H groups in total. The lowest BCUT2D eigenvalue weighted by Gasteiger charge is -1.91. The van der Waals surface area contributed by atoms with E-state index < -0.39 is 0 Å². The lowest BCUT2D eigenvalue weighted by Crippen LogP contribution is -1.82. The van der Waals surface area contributed by atoms with Crippen molar-refractivity contribution in [3.63, 3.8) is 0 Å². The molecule has 0 radical (unpaired) electrons. The highest BCUT2D eigenvalue weighted by atomic mass is 16.3. The van der Waals surface area contributed by atoms with Gasteiger partial charge < -0.3 is 5.11 Å². The summed E-state index contributed by atoms with van der Waals surface area (Å²) in [5, 5.41) is 8.61. The quantitative estimate of drug-likeness (QED) is 0.596. The van der Waals surface area contributed by atoms with Crippen LogP contribution >= 0.6 is 0 Å². The van der Waals surface area contributed by atoms with Gasteiger partial charge in [0.05, 0.1) is 6.61 Å². The maximum atomic E-state index is 8.61. The van der Waals surface area contributed by atoms with Gasteiger partial charge in [-0.05, 0) is 27.2 Å². The minimum atomic E-state index is 0.177. The van der Waals surface area contributed by atoms with Crippen LogP contribution in [0.1, 0.15) is 27.2 Å². The van der Waals surface area contributed by atoms with Crippen molar-refractivity contribution >= 4 is 0 Å². The molecule has 10 heavy (non-hydrogen) atoms. The van der Waals surface area contributed by atoms with E-state index in [0.29, 0.717) is 0 Å². The highest BCUT2D eigenvalue weighted by Gasteiger charge is 1.81. The molecule has 0 saturated carbocycles. The van der Waals surface area contributed by atoms with Crippen LogP contribution in [0, 0.1) is 0 Å². The molecule has 0 heterocycles. The summed E-state index contributed by atoms with van der Waals surface area (Å²) in [7, 11) is 0. The van der Waals surface area contributed by atoms with Crippen LogP contribution in [0.3, 0.4) is 0 Å². The third-order valence-corrected chi connectivity index (χ3v) is 1.24. The van der Waals surface area contributed by atoms with Crippen LogP contribution < -0.4 is 0 Å². The van der Waals surface area contributed by atoms with Crippen molar-refractivity contribution in [3.05, 3.63) is 23.3 Å². The van der Waals surface area contributed by atoms with Gasteiger partial charge in [0, 0.05) is 0 Å². The molecule has 0 rings (SSSR count). The van der Waals surface area contributed by atoms with E-state index in [0.717, 1.165) is 12.0 Å². The first kappa shape index (κ1) is 9.44. The van der Waals surface area contributed by atoms with E-state index in [-0.39, 0.29) is 6.61 Å². The molecule has 0 unspecified atom stereocenters. The van der Waals surface area contributed by atoms with Crippen LogP contribution in [0.15, 0.2) is 23.3 Å². The van der Waals surface area contributed by atoms with Gasteiger partial charge in [-0.25, -0.2) is 0 Å². The summed E-state index contributed by atoms with van der Waals surface area (Å²) in [6, 6.07) is 0. The second-order valence-corrected chi connectivity index (χ2v) is 2.73. The molecule has 0 saturated heterocycles. The first-order chi connectivity index (χ1) is 4.66. The van der Waals surface area contributed by atoms with Crippen molar-refractivity contribution in [2.75, 3.05) is 6.61 Å². The maximum absolute atomic E-state index is 8.61. The van der Waals surface area contributed by atoms with Crippen molar-refractivity contribution in [1.82, 2.24) is 0 Å². The van der Waals surface area contributed by atoms with Crippen LogP contribution in [0.25, 0.3) is 0 Å². The molecule has 0 amide bonds. The zero-order valence-electron chi connectivity index (χ0n) is 7.02. The van der Waals surface area contributed by atoms with Crippen molar-refractivity contribution in [2.45, 2.75) is 27.2 Å². The number of hydrogen-bond acceptors (Lipinski definition) is 1. The average molecular weight is 140 g/mol. The summed E-state index contributed by atoms with van der Waals surface area (Å²) >= 11 is 0. The smallest absolute Gasteiger partial charge is 0.0639 e. The number of aliphatic hydroxyl groups excluding tert-OH is 1. The molecular formula is C9H16O. The Labute approximate surface area is 63.1 Å². The summed E-state index contributed by atoms with van der Waals surface area (Å²) in [6.07, 6.45) is 5.11. The summed E-state index contributed by atoms with van der Waals surface area (Å²) in [6.45, 7) is 6.25. The Morgan fingerprint density at radius 1 is 1.20 bits per heavy atom. The van der Waals surface area contributed by atoms with E-state index in [2.05, 4.69) is 19.9 Å². The Morgan fingerprint density at radius 3 is 2.20 bits per heavy atom. The van der Waals surface area contributed by atoms with E-state index in [4.69, 9.17) is 5.11 Å². The zero-order valence-corrected chi connectivity index (χ0v) is 7.02. The number of allylic oxidation sites excluding steroid dienone is 3. The monoisotopic (exact) mass is 140 g/mol. The number of rotatable bonds is 3. The fraction of sp³-hybridized carbons (Fsp3) is 0.556.